The van der Waals surface area contributed by atoms with Crippen LogP contribution in [0.4, 0.5) is 5.69 Å². The summed E-state index contributed by atoms with van der Waals surface area (Å²) in [7, 11) is 1.60. The van der Waals surface area contributed by atoms with Crippen LogP contribution in [0.2, 0.25) is 0 Å². The number of anilines is 1. The van der Waals surface area contributed by atoms with Crippen molar-refractivity contribution in [1.29, 1.82) is 0 Å². The highest BCUT2D eigenvalue weighted by molar-refractivity contribution is 6.40. The van der Waals surface area contributed by atoms with Crippen molar-refractivity contribution in [3.8, 4) is 11.5 Å². The third-order valence-corrected chi connectivity index (χ3v) is 4.04. The number of rotatable bonds is 5. The molecule has 1 heterocycles. The maximum atomic E-state index is 12.3. The van der Waals surface area contributed by atoms with E-state index in [1.54, 1.807) is 31.4 Å². The number of amides is 2. The second kappa shape index (κ2) is 7.70. The number of nitrogens with zero attached hydrogens (tertiary/aromatic N) is 1. The molecule has 25 heavy (non-hydrogen) atoms. The zero-order valence-electron chi connectivity index (χ0n) is 14.0. The van der Waals surface area contributed by atoms with E-state index < -0.39 is 11.8 Å². The van der Waals surface area contributed by atoms with Gasteiger partial charge < -0.3 is 19.7 Å². The minimum Gasteiger partial charge on any atom is -0.497 e. The van der Waals surface area contributed by atoms with Crippen LogP contribution in [0.3, 0.4) is 0 Å². The summed E-state index contributed by atoms with van der Waals surface area (Å²) in [6.07, 6.45) is 0.774. The first-order valence-electron chi connectivity index (χ1n) is 8.13. The fourth-order valence-electron chi connectivity index (χ4n) is 2.75. The van der Waals surface area contributed by atoms with Crippen LogP contribution in [0.25, 0.3) is 0 Å². The summed E-state index contributed by atoms with van der Waals surface area (Å²) in [4.78, 5) is 25.9. The lowest BCUT2D eigenvalue weighted by molar-refractivity contribution is -0.137. The van der Waals surface area contributed by atoms with Gasteiger partial charge in [0.1, 0.15) is 18.1 Å². The Morgan fingerprint density at radius 2 is 1.80 bits per heavy atom. The summed E-state index contributed by atoms with van der Waals surface area (Å²) in [5.41, 5.74) is 1.91. The first kappa shape index (κ1) is 16.8. The number of carbonyl (C=O) groups excluding carboxylic acids is 2. The number of carbonyl (C=O) groups is 2. The normalized spacial score (nSPS) is 12.4. The molecule has 0 unspecified atom stereocenters. The summed E-state index contributed by atoms with van der Waals surface area (Å²) < 4.78 is 10.6. The molecule has 0 aromatic heterocycles. The second-order valence-electron chi connectivity index (χ2n) is 5.62. The fraction of sp³-hybridized carbons (Fsp3) is 0.263. The average molecular weight is 340 g/mol. The van der Waals surface area contributed by atoms with Crippen molar-refractivity contribution in [3.05, 3.63) is 54.1 Å². The quantitative estimate of drug-likeness (QED) is 0.665. The van der Waals surface area contributed by atoms with Crippen molar-refractivity contribution < 1.29 is 19.1 Å². The fourth-order valence-corrected chi connectivity index (χ4v) is 2.75. The van der Waals surface area contributed by atoms with E-state index in [9.17, 15) is 9.59 Å². The third kappa shape index (κ3) is 3.91. The number of benzene rings is 2. The molecule has 3 rings (SSSR count). The van der Waals surface area contributed by atoms with Crippen molar-refractivity contribution >= 4 is 17.5 Å². The van der Waals surface area contributed by atoms with Gasteiger partial charge >= 0.3 is 11.8 Å². The van der Waals surface area contributed by atoms with E-state index in [1.165, 1.54) is 4.90 Å². The number of fused-ring (bicyclic) bond motifs is 1. The standard InChI is InChI=1S/C19H20N2O4/c1-24-15-6-8-16(9-7-15)25-13-11-20-18(22)19(23)21-12-10-14-4-2-3-5-17(14)21/h2-9H,10-13H2,1H3,(H,20,22). The molecule has 0 saturated carbocycles. The topological polar surface area (TPSA) is 67.9 Å². The van der Waals surface area contributed by atoms with Crippen LogP contribution < -0.4 is 19.7 Å². The van der Waals surface area contributed by atoms with E-state index in [1.807, 2.05) is 24.3 Å². The van der Waals surface area contributed by atoms with E-state index in [2.05, 4.69) is 5.32 Å². The third-order valence-electron chi connectivity index (χ3n) is 4.04. The van der Waals surface area contributed by atoms with Gasteiger partial charge in [-0.3, -0.25) is 9.59 Å². The Kier molecular flexibility index (Phi) is 5.18. The van der Waals surface area contributed by atoms with Gasteiger partial charge in [0.25, 0.3) is 0 Å². The van der Waals surface area contributed by atoms with Gasteiger partial charge in [-0.25, -0.2) is 0 Å². The number of hydrogen-bond donors (Lipinski definition) is 1. The Morgan fingerprint density at radius 3 is 2.56 bits per heavy atom. The summed E-state index contributed by atoms with van der Waals surface area (Å²) >= 11 is 0. The molecule has 0 spiro atoms. The Balaban J connectivity index is 1.45. The predicted octanol–water partition coefficient (Wildman–Crippen LogP) is 1.78. The van der Waals surface area contributed by atoms with Gasteiger partial charge in [0.2, 0.25) is 0 Å². The molecule has 0 fully saturated rings. The molecule has 0 aliphatic carbocycles. The molecule has 0 saturated heterocycles. The number of ether oxygens (including phenoxy) is 2. The van der Waals surface area contributed by atoms with E-state index in [4.69, 9.17) is 9.47 Å². The highest BCUT2D eigenvalue weighted by atomic mass is 16.5. The molecule has 2 aromatic carbocycles. The van der Waals surface area contributed by atoms with Crippen LogP contribution in [0.5, 0.6) is 11.5 Å². The number of nitrogens with one attached hydrogen (secondary N) is 1. The molecule has 1 N–H and O–H groups in total. The molecule has 1 aliphatic heterocycles. The van der Waals surface area contributed by atoms with Crippen molar-refractivity contribution in [2.75, 3.05) is 31.7 Å². The Morgan fingerprint density at radius 1 is 1.08 bits per heavy atom. The number of para-hydroxylation sites is 1. The van der Waals surface area contributed by atoms with Crippen LogP contribution in [-0.4, -0.2) is 38.6 Å². The molecule has 0 bridgehead atoms. The SMILES string of the molecule is COc1ccc(OCCNC(=O)C(=O)N2CCc3ccccc32)cc1. The Labute approximate surface area is 146 Å². The molecule has 0 radical (unpaired) electrons. The molecule has 130 valence electrons. The largest absolute Gasteiger partial charge is 0.497 e. The number of methoxy groups -OCH3 is 1. The average Bonchev–Trinajstić information content (AvgIpc) is 3.09. The van der Waals surface area contributed by atoms with Gasteiger partial charge in [-0.1, -0.05) is 18.2 Å². The molecule has 2 amide bonds. The number of hydrogen-bond acceptors (Lipinski definition) is 4. The van der Waals surface area contributed by atoms with E-state index >= 15 is 0 Å². The van der Waals surface area contributed by atoms with Crippen LogP contribution in [-0.2, 0) is 16.0 Å². The smallest absolute Gasteiger partial charge is 0.316 e. The molecule has 2 aromatic rings. The van der Waals surface area contributed by atoms with Crippen LogP contribution in [0.1, 0.15) is 5.56 Å². The Hall–Kier alpha value is -3.02. The monoisotopic (exact) mass is 340 g/mol. The van der Waals surface area contributed by atoms with Gasteiger partial charge in [0.15, 0.2) is 0 Å². The summed E-state index contributed by atoms with van der Waals surface area (Å²) in [5.74, 6) is 0.274. The molecule has 0 atom stereocenters. The first-order valence-corrected chi connectivity index (χ1v) is 8.13. The summed E-state index contributed by atoms with van der Waals surface area (Å²) in [5, 5.41) is 2.60. The lowest BCUT2D eigenvalue weighted by atomic mass is 10.2. The van der Waals surface area contributed by atoms with Crippen molar-refractivity contribution in [2.45, 2.75) is 6.42 Å². The lowest BCUT2D eigenvalue weighted by Crippen LogP contribution is -2.43. The van der Waals surface area contributed by atoms with Gasteiger partial charge in [0, 0.05) is 12.2 Å². The summed E-state index contributed by atoms with van der Waals surface area (Å²) in [6, 6.07) is 14.8. The molecule has 6 heteroatoms. The molecule has 6 nitrogen and oxygen atoms in total. The van der Waals surface area contributed by atoms with E-state index in [0.717, 1.165) is 23.4 Å². The van der Waals surface area contributed by atoms with Gasteiger partial charge in [-0.2, -0.15) is 0 Å². The zero-order valence-corrected chi connectivity index (χ0v) is 14.0. The van der Waals surface area contributed by atoms with Crippen molar-refractivity contribution in [3.63, 3.8) is 0 Å². The van der Waals surface area contributed by atoms with E-state index in [0.29, 0.717) is 12.3 Å². The van der Waals surface area contributed by atoms with Gasteiger partial charge in [-0.05, 0) is 42.3 Å². The molecule has 1 aliphatic rings. The van der Waals surface area contributed by atoms with Crippen LogP contribution >= 0.6 is 0 Å². The van der Waals surface area contributed by atoms with Gasteiger partial charge in [-0.15, -0.1) is 0 Å². The zero-order chi connectivity index (χ0) is 17.6. The van der Waals surface area contributed by atoms with Crippen LogP contribution in [0.15, 0.2) is 48.5 Å². The van der Waals surface area contributed by atoms with Crippen molar-refractivity contribution in [1.82, 2.24) is 5.32 Å². The van der Waals surface area contributed by atoms with Crippen molar-refractivity contribution in [2.24, 2.45) is 0 Å². The minimum absolute atomic E-state index is 0.256. The van der Waals surface area contributed by atoms with Crippen LogP contribution in [0, 0.1) is 0 Å². The second-order valence-corrected chi connectivity index (χ2v) is 5.62. The molecular weight excluding hydrogens is 320 g/mol. The summed E-state index contributed by atoms with van der Waals surface area (Å²) in [6.45, 7) is 1.07. The highest BCUT2D eigenvalue weighted by Gasteiger charge is 2.28. The Bertz CT molecular complexity index is 758. The minimum atomic E-state index is -0.616. The highest BCUT2D eigenvalue weighted by Crippen LogP contribution is 2.27. The lowest BCUT2D eigenvalue weighted by Gasteiger charge is -2.16. The van der Waals surface area contributed by atoms with Gasteiger partial charge in [0.05, 0.1) is 13.7 Å². The maximum absolute atomic E-state index is 12.3. The maximum Gasteiger partial charge on any atom is 0.316 e. The van der Waals surface area contributed by atoms with E-state index in [-0.39, 0.29) is 13.2 Å². The predicted molar refractivity (Wildman–Crippen MR) is 94.0 cm³/mol. The first-order chi connectivity index (χ1) is 12.2. The molecular formula is C19H20N2O4.